The van der Waals surface area contributed by atoms with E-state index in [1.54, 1.807) is 24.3 Å². The van der Waals surface area contributed by atoms with Gasteiger partial charge in [0, 0.05) is 23.0 Å². The Morgan fingerprint density at radius 3 is 2.38 bits per heavy atom. The molecule has 1 fully saturated rings. The second-order valence-corrected chi connectivity index (χ2v) is 9.60. The number of carbonyl (C=O) groups is 2. The van der Waals surface area contributed by atoms with Crippen LogP contribution in [0.25, 0.3) is 0 Å². The molecule has 1 aliphatic rings. The van der Waals surface area contributed by atoms with Gasteiger partial charge in [-0.15, -0.1) is 0 Å². The first-order chi connectivity index (χ1) is 15.2. The normalized spacial score (nSPS) is 13.5. The average molecular weight is 462 g/mol. The van der Waals surface area contributed by atoms with Crippen molar-refractivity contribution in [1.82, 2.24) is 4.72 Å². The summed E-state index contributed by atoms with van der Waals surface area (Å²) in [5, 5.41) is 5.31. The van der Waals surface area contributed by atoms with Crippen LogP contribution >= 0.6 is 0 Å². The van der Waals surface area contributed by atoms with Crippen molar-refractivity contribution in [3.63, 3.8) is 0 Å². The van der Waals surface area contributed by atoms with E-state index in [4.69, 9.17) is 9.47 Å². The fraction of sp³-hybridized carbons (Fsp3) is 0.364. The van der Waals surface area contributed by atoms with Crippen LogP contribution in [0, 0.1) is 5.92 Å². The molecule has 0 heterocycles. The van der Waals surface area contributed by atoms with Crippen LogP contribution in [-0.4, -0.2) is 40.2 Å². The van der Waals surface area contributed by atoms with Crippen molar-refractivity contribution in [3.8, 4) is 5.75 Å². The van der Waals surface area contributed by atoms with Gasteiger partial charge in [0.2, 0.25) is 10.0 Å². The Morgan fingerprint density at radius 2 is 1.75 bits per heavy atom. The van der Waals surface area contributed by atoms with E-state index in [2.05, 4.69) is 15.4 Å². The molecule has 0 atom stereocenters. The van der Waals surface area contributed by atoms with Crippen LogP contribution in [0.2, 0.25) is 0 Å². The maximum absolute atomic E-state index is 12.8. The first-order valence-corrected chi connectivity index (χ1v) is 11.7. The second kappa shape index (κ2) is 10.0. The van der Waals surface area contributed by atoms with Gasteiger partial charge in [0.25, 0.3) is 5.91 Å². The zero-order chi connectivity index (χ0) is 23.3. The number of benzene rings is 2. The molecule has 2 aromatic carbocycles. The number of carbonyl (C=O) groups excluding carboxylic acids is 2. The first kappa shape index (κ1) is 23.6. The molecule has 3 N–H and O–H groups in total. The van der Waals surface area contributed by atoms with Gasteiger partial charge in [-0.2, -0.15) is 0 Å². The number of amides is 2. The van der Waals surface area contributed by atoms with Crippen LogP contribution in [0.1, 0.15) is 37.0 Å². The summed E-state index contributed by atoms with van der Waals surface area (Å²) in [6, 6.07) is 10.7. The molecule has 10 heteroatoms. The van der Waals surface area contributed by atoms with Crippen molar-refractivity contribution < 1.29 is 27.5 Å². The molecule has 0 aliphatic heterocycles. The molecule has 3 rings (SSSR count). The maximum Gasteiger partial charge on any atom is 0.411 e. The summed E-state index contributed by atoms with van der Waals surface area (Å²) in [6.07, 6.45) is 0.990. The highest BCUT2D eigenvalue weighted by atomic mass is 32.2. The van der Waals surface area contributed by atoms with Crippen molar-refractivity contribution in [2.45, 2.75) is 37.6 Å². The van der Waals surface area contributed by atoms with Crippen LogP contribution in [0.3, 0.4) is 0 Å². The van der Waals surface area contributed by atoms with E-state index in [-0.39, 0.29) is 28.2 Å². The number of rotatable bonds is 9. The Hall–Kier alpha value is -3.11. The molecule has 0 spiro atoms. The number of hydrogen-bond acceptors (Lipinski definition) is 6. The van der Waals surface area contributed by atoms with E-state index in [1.807, 2.05) is 13.8 Å². The van der Waals surface area contributed by atoms with Gasteiger partial charge in [-0.25, -0.2) is 17.9 Å². The van der Waals surface area contributed by atoms with Crippen LogP contribution in [0.5, 0.6) is 5.75 Å². The zero-order valence-corrected chi connectivity index (χ0v) is 19.0. The lowest BCUT2D eigenvalue weighted by atomic mass is 10.2. The number of nitrogens with one attached hydrogen (secondary N) is 3. The molecule has 0 saturated heterocycles. The molecule has 0 unspecified atom stereocenters. The van der Waals surface area contributed by atoms with Gasteiger partial charge in [0.15, 0.2) is 0 Å². The van der Waals surface area contributed by atoms with Crippen molar-refractivity contribution in [1.29, 1.82) is 0 Å². The highest BCUT2D eigenvalue weighted by Gasteiger charge is 2.30. The molecule has 1 aliphatic carbocycles. The van der Waals surface area contributed by atoms with E-state index in [1.165, 1.54) is 25.3 Å². The predicted octanol–water partition coefficient (Wildman–Crippen LogP) is 3.59. The van der Waals surface area contributed by atoms with Gasteiger partial charge >= 0.3 is 6.09 Å². The molecule has 1 saturated carbocycles. The summed E-state index contributed by atoms with van der Waals surface area (Å²) >= 11 is 0. The van der Waals surface area contributed by atoms with E-state index < -0.39 is 22.0 Å². The molecule has 9 nitrogen and oxygen atoms in total. The fourth-order valence-corrected chi connectivity index (χ4v) is 4.29. The molecule has 0 radical (unpaired) electrons. The molecule has 172 valence electrons. The predicted molar refractivity (Wildman–Crippen MR) is 121 cm³/mol. The lowest BCUT2D eigenvalue weighted by Gasteiger charge is -2.13. The minimum atomic E-state index is -3.82. The number of anilines is 2. The van der Waals surface area contributed by atoms with Crippen LogP contribution < -0.4 is 20.1 Å². The van der Waals surface area contributed by atoms with Crippen LogP contribution in [-0.2, 0) is 14.8 Å². The van der Waals surface area contributed by atoms with Crippen molar-refractivity contribution >= 4 is 33.4 Å². The van der Waals surface area contributed by atoms with E-state index >= 15 is 0 Å². The maximum atomic E-state index is 12.8. The topological polar surface area (TPSA) is 123 Å². The van der Waals surface area contributed by atoms with Crippen LogP contribution in [0.4, 0.5) is 16.2 Å². The van der Waals surface area contributed by atoms with Gasteiger partial charge in [0.1, 0.15) is 10.6 Å². The third kappa shape index (κ3) is 6.44. The highest BCUT2D eigenvalue weighted by molar-refractivity contribution is 7.89. The molecule has 0 aromatic heterocycles. The smallest absolute Gasteiger partial charge is 0.411 e. The molecule has 0 bridgehead atoms. The van der Waals surface area contributed by atoms with Gasteiger partial charge in [0.05, 0.1) is 13.7 Å². The quantitative estimate of drug-likeness (QED) is 0.524. The van der Waals surface area contributed by atoms with Gasteiger partial charge < -0.3 is 14.8 Å². The number of ether oxygens (including phenoxy) is 2. The molecule has 2 amide bonds. The molecular formula is C22H27N3O6S. The number of methoxy groups -OCH3 is 1. The summed E-state index contributed by atoms with van der Waals surface area (Å²) in [6.45, 7) is 4.16. The standard InChI is InChI=1S/C22H27N3O6S/c1-14(2)13-31-22(27)24-18-6-4-5-17(12-18)23-21(26)15-7-10-19(30-3)20(11-15)32(28,29)25-16-8-9-16/h4-7,10-12,14,16,25H,8-9,13H2,1-3H3,(H,23,26)(H,24,27). The zero-order valence-electron chi connectivity index (χ0n) is 18.2. The second-order valence-electron chi connectivity index (χ2n) is 7.91. The van der Waals surface area contributed by atoms with E-state index in [0.29, 0.717) is 18.0 Å². The third-order valence-electron chi connectivity index (χ3n) is 4.53. The van der Waals surface area contributed by atoms with Gasteiger partial charge in [-0.1, -0.05) is 19.9 Å². The molecule has 2 aromatic rings. The highest BCUT2D eigenvalue weighted by Crippen LogP contribution is 2.28. The molecular weight excluding hydrogens is 434 g/mol. The van der Waals surface area contributed by atoms with Crippen molar-refractivity contribution in [2.75, 3.05) is 24.4 Å². The van der Waals surface area contributed by atoms with Crippen LogP contribution in [0.15, 0.2) is 47.4 Å². The minimum absolute atomic E-state index is 0.0790. The van der Waals surface area contributed by atoms with Gasteiger partial charge in [-0.3, -0.25) is 10.1 Å². The summed E-state index contributed by atoms with van der Waals surface area (Å²) < 4.78 is 38.2. The monoisotopic (exact) mass is 461 g/mol. The van der Waals surface area contributed by atoms with E-state index in [9.17, 15) is 18.0 Å². The average Bonchev–Trinajstić information content (AvgIpc) is 3.55. The number of sulfonamides is 1. The molecule has 32 heavy (non-hydrogen) atoms. The third-order valence-corrected chi connectivity index (χ3v) is 6.07. The first-order valence-electron chi connectivity index (χ1n) is 10.2. The SMILES string of the molecule is COc1ccc(C(=O)Nc2cccc(NC(=O)OCC(C)C)c2)cc1S(=O)(=O)NC1CC1. The summed E-state index contributed by atoms with van der Waals surface area (Å²) in [5.74, 6) is -0.139. The van der Waals surface area contributed by atoms with Crippen molar-refractivity contribution in [3.05, 3.63) is 48.0 Å². The lowest BCUT2D eigenvalue weighted by molar-refractivity contribution is 0.102. The van der Waals surface area contributed by atoms with Gasteiger partial charge in [-0.05, 0) is 55.2 Å². The Bertz CT molecular complexity index is 1100. The largest absolute Gasteiger partial charge is 0.495 e. The Balaban J connectivity index is 1.73. The minimum Gasteiger partial charge on any atom is -0.495 e. The summed E-state index contributed by atoms with van der Waals surface area (Å²) in [5.41, 5.74) is 1.02. The number of hydrogen-bond donors (Lipinski definition) is 3. The summed E-state index contributed by atoms with van der Waals surface area (Å²) in [4.78, 5) is 24.5. The fourth-order valence-electron chi connectivity index (χ4n) is 2.79. The van der Waals surface area contributed by atoms with Crippen molar-refractivity contribution in [2.24, 2.45) is 5.92 Å². The summed E-state index contributed by atoms with van der Waals surface area (Å²) in [7, 11) is -2.45. The Kier molecular flexibility index (Phi) is 7.37. The Morgan fingerprint density at radius 1 is 1.06 bits per heavy atom. The Labute approximate surface area is 187 Å². The van der Waals surface area contributed by atoms with E-state index in [0.717, 1.165) is 12.8 Å². The lowest BCUT2D eigenvalue weighted by Crippen LogP contribution is -2.26.